The molecule has 174 valence electrons. The predicted molar refractivity (Wildman–Crippen MR) is 129 cm³/mol. The van der Waals surface area contributed by atoms with E-state index >= 15 is 0 Å². The Hall–Kier alpha value is -2.14. The monoisotopic (exact) mass is 530 g/mol. The molecule has 0 saturated heterocycles. The van der Waals surface area contributed by atoms with E-state index in [0.29, 0.717) is 10.3 Å². The van der Waals surface area contributed by atoms with Gasteiger partial charge >= 0.3 is 6.18 Å². The van der Waals surface area contributed by atoms with Gasteiger partial charge in [0.25, 0.3) is 0 Å². The maximum atomic E-state index is 13.3. The quantitative estimate of drug-likeness (QED) is 0.450. The molecule has 1 saturated carbocycles. The number of rotatable bonds is 5. The first-order valence-electron chi connectivity index (χ1n) is 10.2. The van der Waals surface area contributed by atoms with Crippen LogP contribution in [-0.4, -0.2) is 41.3 Å². The van der Waals surface area contributed by atoms with Crippen LogP contribution < -0.4 is 20.9 Å². The number of nitrogens with zero attached hydrogens (tertiary/aromatic N) is 3. The third kappa shape index (κ3) is 6.68. The Morgan fingerprint density at radius 3 is 2.38 bits per heavy atom. The van der Waals surface area contributed by atoms with Crippen molar-refractivity contribution in [2.45, 2.75) is 50.9 Å². The van der Waals surface area contributed by atoms with E-state index in [4.69, 9.17) is 12.2 Å². The van der Waals surface area contributed by atoms with E-state index < -0.39 is 11.7 Å². The summed E-state index contributed by atoms with van der Waals surface area (Å²) in [6.45, 7) is 1.86. The van der Waals surface area contributed by atoms with Gasteiger partial charge < -0.3 is 20.9 Å². The maximum absolute atomic E-state index is 13.3. The molecule has 1 fully saturated rings. The lowest BCUT2D eigenvalue weighted by atomic mass is 9.91. The van der Waals surface area contributed by atoms with Gasteiger partial charge in [-0.25, -0.2) is 9.97 Å². The third-order valence-electron chi connectivity index (χ3n) is 5.23. The second-order valence-corrected chi connectivity index (χ2v) is 9.36. The van der Waals surface area contributed by atoms with Gasteiger partial charge in [0.05, 0.1) is 11.3 Å². The molecule has 1 aromatic heterocycles. The highest BCUT2D eigenvalue weighted by Gasteiger charge is 2.34. The first-order valence-corrected chi connectivity index (χ1v) is 11.4. The molecule has 32 heavy (non-hydrogen) atoms. The number of aromatic nitrogens is 2. The molecule has 6 nitrogen and oxygen atoms in total. The average molecular weight is 531 g/mol. The van der Waals surface area contributed by atoms with Crippen molar-refractivity contribution in [1.82, 2.24) is 15.3 Å². The minimum absolute atomic E-state index is 0.0654. The number of anilines is 3. The summed E-state index contributed by atoms with van der Waals surface area (Å²) in [5.74, 6) is 2.35. The van der Waals surface area contributed by atoms with E-state index in [1.54, 1.807) is 6.07 Å². The van der Waals surface area contributed by atoms with Crippen molar-refractivity contribution < 1.29 is 13.2 Å². The van der Waals surface area contributed by atoms with Crippen LogP contribution in [0.25, 0.3) is 0 Å². The van der Waals surface area contributed by atoms with Crippen LogP contribution in [0.1, 0.15) is 37.1 Å². The van der Waals surface area contributed by atoms with Gasteiger partial charge in [-0.15, -0.1) is 0 Å². The molecule has 0 atom stereocenters. The number of hydrogen-bond donors (Lipinski definition) is 3. The lowest BCUT2D eigenvalue weighted by Crippen LogP contribution is -2.42. The summed E-state index contributed by atoms with van der Waals surface area (Å²) >= 11 is 8.37. The van der Waals surface area contributed by atoms with Gasteiger partial charge in [0.15, 0.2) is 5.11 Å². The third-order valence-corrected chi connectivity index (χ3v) is 5.95. The molecule has 1 heterocycles. The number of aryl methyl sites for hydroxylation is 1. The number of halogens is 4. The Kier molecular flexibility index (Phi) is 7.81. The molecule has 0 bridgehead atoms. The summed E-state index contributed by atoms with van der Waals surface area (Å²) in [7, 11) is 3.87. The largest absolute Gasteiger partial charge is 0.418 e. The van der Waals surface area contributed by atoms with Crippen LogP contribution in [0.5, 0.6) is 0 Å². The average Bonchev–Trinajstić information content (AvgIpc) is 2.69. The van der Waals surface area contributed by atoms with Crippen molar-refractivity contribution in [2.75, 3.05) is 29.6 Å². The van der Waals surface area contributed by atoms with E-state index in [1.807, 2.05) is 32.0 Å². The van der Waals surface area contributed by atoms with Gasteiger partial charge in [0.2, 0.25) is 0 Å². The summed E-state index contributed by atoms with van der Waals surface area (Å²) in [4.78, 5) is 10.8. The smallest absolute Gasteiger partial charge is 0.367 e. The molecular weight excluding hydrogens is 505 g/mol. The van der Waals surface area contributed by atoms with Crippen molar-refractivity contribution in [3.8, 4) is 0 Å². The van der Waals surface area contributed by atoms with Crippen LogP contribution in [0.15, 0.2) is 28.7 Å². The maximum Gasteiger partial charge on any atom is 0.418 e. The fourth-order valence-electron chi connectivity index (χ4n) is 3.65. The molecular formula is C21H26BrF3N6S. The lowest BCUT2D eigenvalue weighted by molar-refractivity contribution is -0.136. The Balaban J connectivity index is 1.53. The molecule has 0 radical (unpaired) electrons. The molecule has 0 amide bonds. The molecule has 3 rings (SSSR count). The zero-order chi connectivity index (χ0) is 23.5. The predicted octanol–water partition coefficient (Wildman–Crippen LogP) is 5.34. The Labute approximate surface area is 199 Å². The molecule has 0 aliphatic heterocycles. The highest BCUT2D eigenvalue weighted by molar-refractivity contribution is 9.10. The van der Waals surface area contributed by atoms with Gasteiger partial charge in [-0.05, 0) is 63.0 Å². The van der Waals surface area contributed by atoms with Crippen molar-refractivity contribution in [3.63, 3.8) is 0 Å². The number of nitrogens with one attached hydrogen (secondary N) is 3. The number of alkyl halides is 3. The number of benzene rings is 1. The minimum atomic E-state index is -4.47. The van der Waals surface area contributed by atoms with Gasteiger partial charge in [-0.1, -0.05) is 15.9 Å². The number of thiocarbonyl (C=S) groups is 1. The second-order valence-electron chi connectivity index (χ2n) is 8.03. The van der Waals surface area contributed by atoms with Gasteiger partial charge in [-0.2, -0.15) is 13.2 Å². The lowest BCUT2D eigenvalue weighted by Gasteiger charge is -2.31. The van der Waals surface area contributed by atoms with Gasteiger partial charge in [-0.3, -0.25) is 0 Å². The van der Waals surface area contributed by atoms with Crippen molar-refractivity contribution in [3.05, 3.63) is 40.1 Å². The number of hydrogen-bond acceptors (Lipinski definition) is 5. The summed E-state index contributed by atoms with van der Waals surface area (Å²) in [6.07, 6.45) is -0.996. The summed E-state index contributed by atoms with van der Waals surface area (Å²) < 4.78 is 40.3. The molecule has 0 unspecified atom stereocenters. The van der Waals surface area contributed by atoms with Crippen molar-refractivity contribution >= 4 is 50.6 Å². The molecule has 11 heteroatoms. The van der Waals surface area contributed by atoms with Crippen LogP contribution in [0.4, 0.5) is 30.5 Å². The molecule has 0 spiro atoms. The van der Waals surface area contributed by atoms with E-state index in [2.05, 4.69) is 41.8 Å². The first kappa shape index (κ1) is 24.5. The van der Waals surface area contributed by atoms with Crippen molar-refractivity contribution in [1.29, 1.82) is 0 Å². The summed E-state index contributed by atoms with van der Waals surface area (Å²) in [5.41, 5.74) is -0.828. The summed E-state index contributed by atoms with van der Waals surface area (Å²) in [5, 5.41) is 9.53. The summed E-state index contributed by atoms with van der Waals surface area (Å²) in [6, 6.07) is 6.25. The van der Waals surface area contributed by atoms with Crippen LogP contribution in [-0.2, 0) is 6.18 Å². The normalized spacial score (nSPS) is 18.7. The highest BCUT2D eigenvalue weighted by Crippen LogP contribution is 2.36. The minimum Gasteiger partial charge on any atom is -0.367 e. The fraction of sp³-hybridized carbons (Fsp3) is 0.476. The Bertz CT molecular complexity index is 961. The van der Waals surface area contributed by atoms with E-state index in [1.165, 1.54) is 6.07 Å². The van der Waals surface area contributed by atoms with Crippen LogP contribution in [0, 0.1) is 6.92 Å². The zero-order valence-electron chi connectivity index (χ0n) is 18.1. The fourth-order valence-corrected chi connectivity index (χ4v) is 4.29. The van der Waals surface area contributed by atoms with Gasteiger partial charge in [0.1, 0.15) is 17.5 Å². The van der Waals surface area contributed by atoms with E-state index in [0.717, 1.165) is 43.4 Å². The van der Waals surface area contributed by atoms with E-state index in [9.17, 15) is 13.2 Å². The molecule has 2 aromatic rings. The van der Waals surface area contributed by atoms with Gasteiger partial charge in [0, 0.05) is 36.7 Å². The van der Waals surface area contributed by atoms with Crippen LogP contribution in [0.2, 0.25) is 0 Å². The van der Waals surface area contributed by atoms with Crippen molar-refractivity contribution in [2.24, 2.45) is 0 Å². The SMILES string of the molecule is Cc1nc(N[C@H]2CC[C@@H](NC(=S)Nc3ccc(Br)cc3C(F)(F)F)CC2)cc(N(C)C)n1. The molecule has 3 N–H and O–H groups in total. The molecule has 1 aliphatic carbocycles. The zero-order valence-corrected chi connectivity index (χ0v) is 20.5. The van der Waals surface area contributed by atoms with E-state index in [-0.39, 0.29) is 22.9 Å². The van der Waals surface area contributed by atoms with Crippen LogP contribution >= 0.6 is 28.1 Å². The Morgan fingerprint density at radius 1 is 1.09 bits per heavy atom. The first-order chi connectivity index (χ1) is 15.0. The highest BCUT2D eigenvalue weighted by atomic mass is 79.9. The second kappa shape index (κ2) is 10.2. The molecule has 1 aliphatic rings. The topological polar surface area (TPSA) is 65.1 Å². The van der Waals surface area contributed by atoms with Crippen LogP contribution in [0.3, 0.4) is 0 Å². The Morgan fingerprint density at radius 2 is 1.75 bits per heavy atom. The molecule has 1 aromatic carbocycles. The standard InChI is InChI=1S/C21H26BrF3N6S/c1-12-26-18(11-19(27-12)31(2)3)28-14-5-7-15(8-6-14)29-20(32)30-17-9-4-13(22)10-16(17)21(23,24)25/h4,9-11,14-15H,5-8H2,1-3H3,(H,26,27,28)(H2,29,30,32)/t14-,15+.